The van der Waals surface area contributed by atoms with Gasteiger partial charge in [-0.3, -0.25) is 0 Å². The molecular formula is C84H88P4Pd. The second kappa shape index (κ2) is 25.4. The summed E-state index contributed by atoms with van der Waals surface area (Å²) in [6.45, 7) is 30.2. The first-order valence-corrected chi connectivity index (χ1v) is 48.2. The van der Waals surface area contributed by atoms with E-state index in [0.29, 0.717) is 0 Å². The Balaban J connectivity index is 1.77. The molecule has 0 aromatic heterocycles. The van der Waals surface area contributed by atoms with Gasteiger partial charge in [0, 0.05) is 0 Å². The minimum atomic E-state index is -4.92. The van der Waals surface area contributed by atoms with Crippen LogP contribution in [0, 0.1) is 83.1 Å². The van der Waals surface area contributed by atoms with Gasteiger partial charge >= 0.3 is 540 Å². The first-order valence-electron chi connectivity index (χ1n) is 31.6. The molecule has 12 aromatic rings. The molecule has 0 saturated carbocycles. The first-order chi connectivity index (χ1) is 43.2. The maximum atomic E-state index is 2.72. The van der Waals surface area contributed by atoms with E-state index in [9.17, 15) is 0 Å². The van der Waals surface area contributed by atoms with Crippen LogP contribution in [0.25, 0.3) is 0 Å². The van der Waals surface area contributed by atoms with Crippen LogP contribution in [0.3, 0.4) is 0 Å². The minimum absolute atomic E-state index is 1.36. The van der Waals surface area contributed by atoms with Gasteiger partial charge in [-0.05, 0) is 0 Å². The van der Waals surface area contributed by atoms with E-state index in [-0.39, 0.29) is 0 Å². The van der Waals surface area contributed by atoms with Crippen LogP contribution in [-0.2, 0) is 13.6 Å². The van der Waals surface area contributed by atoms with Gasteiger partial charge in [-0.1, -0.05) is 0 Å². The summed E-state index contributed by atoms with van der Waals surface area (Å²) in [5, 5.41) is 18.4. The Bertz CT molecular complexity index is 3560. The first kappa shape index (κ1) is 62.2. The molecule has 12 rings (SSSR count). The van der Waals surface area contributed by atoms with Crippen molar-refractivity contribution in [2.24, 2.45) is 0 Å². The molecule has 0 fully saturated rings. The van der Waals surface area contributed by atoms with Crippen LogP contribution < -0.4 is 63.7 Å². The van der Waals surface area contributed by atoms with E-state index < -0.39 is 35.4 Å². The zero-order valence-electron chi connectivity index (χ0n) is 54.0. The summed E-state index contributed by atoms with van der Waals surface area (Å²) in [4.78, 5) is 0. The molecule has 0 aliphatic heterocycles. The molecule has 0 radical (unpaired) electrons. The summed E-state index contributed by atoms with van der Waals surface area (Å²) in [5.74, 6) is 0. The predicted octanol–water partition coefficient (Wildman–Crippen LogP) is 16.4. The van der Waals surface area contributed by atoms with E-state index >= 15 is 0 Å². The summed E-state index contributed by atoms with van der Waals surface area (Å²) < 4.78 is 0. The van der Waals surface area contributed by atoms with Crippen molar-refractivity contribution in [2.45, 2.75) is 83.1 Å². The van der Waals surface area contributed by atoms with Crippen LogP contribution in [0.4, 0.5) is 0 Å². The summed E-state index contributed by atoms with van der Waals surface area (Å²) in [7, 11) is 0. The summed E-state index contributed by atoms with van der Waals surface area (Å²) in [6.07, 6.45) is 0. The number of hydrogen-bond donors (Lipinski definition) is 0. The van der Waals surface area contributed by atoms with Gasteiger partial charge < -0.3 is 0 Å². The van der Waals surface area contributed by atoms with Crippen molar-refractivity contribution in [3.8, 4) is 0 Å². The molecule has 0 aliphatic rings. The number of aryl methyl sites for hydroxylation is 12. The van der Waals surface area contributed by atoms with Gasteiger partial charge in [0.05, 0.1) is 0 Å². The Labute approximate surface area is 535 Å². The average molecular weight is 1330 g/mol. The van der Waals surface area contributed by atoms with Crippen LogP contribution in [0.5, 0.6) is 0 Å². The Morgan fingerprint density at radius 1 is 0.135 bits per heavy atom. The van der Waals surface area contributed by atoms with E-state index in [0.717, 1.165) is 0 Å². The van der Waals surface area contributed by atoms with E-state index in [1.807, 2.05) is 0 Å². The molecule has 0 saturated heterocycles. The van der Waals surface area contributed by atoms with Crippen LogP contribution in [0.15, 0.2) is 291 Å². The SMILES string of the molecule is Cc1ccccc1[PH](c1ccccc1C)(c1ccccc1C)[Pd]([PH](c1ccccc1C)(c1ccccc1C)c1ccccc1C)([PH](c1ccccc1C)(c1ccccc1C)c1ccccc1C)[PH](c1ccccc1C)(c1ccccc1C)c1ccccc1C. The molecule has 0 unspecified atom stereocenters. The summed E-state index contributed by atoms with van der Waals surface area (Å²) in [5.41, 5.74) is -0.736. The molecule has 0 atom stereocenters. The Morgan fingerprint density at radius 3 is 0.292 bits per heavy atom. The van der Waals surface area contributed by atoms with E-state index in [4.69, 9.17) is 0 Å². The summed E-state index contributed by atoms with van der Waals surface area (Å²) in [6, 6.07) is 120. The Kier molecular flexibility index (Phi) is 17.7. The fraction of sp³-hybridized carbons (Fsp3) is 0.143. The molecule has 12 aromatic carbocycles. The van der Waals surface area contributed by atoms with Crippen molar-refractivity contribution in [3.63, 3.8) is 0 Å². The molecule has 5 heteroatoms. The standard InChI is InChI=1S/4C21H21P.Pd/c4*1-16-10-4-7-13-19(16)22(20-14-8-5-11-17(20)2)21-15-9-6-12-18(21)3;/h4*4-15H,1-3H3;/q;;;;-4/p+4. The molecule has 89 heavy (non-hydrogen) atoms. The van der Waals surface area contributed by atoms with Gasteiger partial charge in [0.2, 0.25) is 0 Å². The molecule has 0 N–H and O–H groups in total. The fourth-order valence-electron chi connectivity index (χ4n) is 15.6. The van der Waals surface area contributed by atoms with Crippen molar-refractivity contribution in [3.05, 3.63) is 358 Å². The third-order valence-corrected chi connectivity index (χ3v) is 124. The van der Waals surface area contributed by atoms with Gasteiger partial charge in [-0.2, -0.15) is 0 Å². The van der Waals surface area contributed by atoms with E-state index in [1.54, 1.807) is 0 Å². The van der Waals surface area contributed by atoms with Crippen LogP contribution >= 0.6 is 21.8 Å². The quantitative estimate of drug-likeness (QED) is 0.0668. The normalized spacial score (nSPS) is 13.9. The van der Waals surface area contributed by atoms with E-state index in [2.05, 4.69) is 374 Å². The number of benzene rings is 12. The third kappa shape index (κ3) is 9.32. The van der Waals surface area contributed by atoms with Gasteiger partial charge in [0.15, 0.2) is 0 Å². The molecule has 454 valence electrons. The molecule has 0 bridgehead atoms. The number of rotatable bonds is 16. The van der Waals surface area contributed by atoms with Crippen LogP contribution in [0.1, 0.15) is 66.8 Å². The van der Waals surface area contributed by atoms with Crippen LogP contribution in [-0.4, -0.2) is 0 Å². The zero-order chi connectivity index (χ0) is 62.3. The molecular weight excluding hydrogens is 1240 g/mol. The average Bonchev–Trinajstić information content (AvgIpc) is 0.616. The van der Waals surface area contributed by atoms with Crippen molar-refractivity contribution in [1.82, 2.24) is 0 Å². The third-order valence-electron chi connectivity index (χ3n) is 19.4. The fourth-order valence-corrected chi connectivity index (χ4v) is 182. The Morgan fingerprint density at radius 2 is 0.213 bits per heavy atom. The molecule has 0 amide bonds. The van der Waals surface area contributed by atoms with Crippen molar-refractivity contribution >= 4 is 85.5 Å². The number of hydrogen-bond acceptors (Lipinski definition) is 0. The van der Waals surface area contributed by atoms with Gasteiger partial charge in [-0.25, -0.2) is 0 Å². The summed E-state index contributed by atoms with van der Waals surface area (Å²) >= 11 is -4.92. The molecule has 0 spiro atoms. The van der Waals surface area contributed by atoms with Gasteiger partial charge in [0.25, 0.3) is 0 Å². The van der Waals surface area contributed by atoms with Crippen molar-refractivity contribution in [1.29, 1.82) is 0 Å². The topological polar surface area (TPSA) is 0 Å². The Hall–Kier alpha value is -6.98. The second-order valence-corrected chi connectivity index (χ2v) is 74.8. The van der Waals surface area contributed by atoms with Crippen LogP contribution in [0.2, 0.25) is 0 Å². The van der Waals surface area contributed by atoms with Crippen molar-refractivity contribution < 1.29 is 13.6 Å². The van der Waals surface area contributed by atoms with E-state index in [1.165, 1.54) is 130 Å². The van der Waals surface area contributed by atoms with Crippen molar-refractivity contribution in [2.75, 3.05) is 0 Å². The second-order valence-electron chi connectivity index (χ2n) is 24.7. The maximum absolute atomic E-state index is 4.92. The van der Waals surface area contributed by atoms with Gasteiger partial charge in [-0.15, -0.1) is 0 Å². The molecule has 0 heterocycles. The van der Waals surface area contributed by atoms with Gasteiger partial charge in [0.1, 0.15) is 0 Å². The molecule has 0 nitrogen and oxygen atoms in total. The molecule has 0 aliphatic carbocycles. The monoisotopic (exact) mass is 1330 g/mol. The predicted molar refractivity (Wildman–Crippen MR) is 403 cm³/mol. The zero-order valence-corrected chi connectivity index (χ0v) is 59.6.